The molecule has 0 amide bonds. The number of aliphatic hydroxyl groups is 2. The van der Waals surface area contributed by atoms with Crippen LogP contribution in [-0.4, -0.2) is 28.1 Å². The van der Waals surface area contributed by atoms with Gasteiger partial charge in [-0.2, -0.15) is 13.2 Å². The molecule has 0 aliphatic heterocycles. The number of aliphatic hydroxyl groups excluding tert-OH is 1. The fourth-order valence-corrected chi connectivity index (χ4v) is 9.07. The van der Waals surface area contributed by atoms with Gasteiger partial charge in [0.1, 0.15) is 0 Å². The lowest BCUT2D eigenvalue weighted by Gasteiger charge is -2.62. The molecular weight excluding hydrogens is 389 g/mol. The predicted octanol–water partition coefficient (Wildman–Crippen LogP) is 6.35. The fraction of sp³-hybridized carbons (Fsp3) is 1.00. The number of hydrogen-bond donors (Lipinski definition) is 2. The number of halogens is 3. The topological polar surface area (TPSA) is 40.5 Å². The van der Waals surface area contributed by atoms with E-state index in [9.17, 15) is 23.4 Å². The Morgan fingerprint density at radius 2 is 1.60 bits per heavy atom. The first-order valence-corrected chi connectivity index (χ1v) is 12.3. The molecule has 0 bridgehead atoms. The first kappa shape index (κ1) is 22.9. The lowest BCUT2D eigenvalue weighted by atomic mass is 9.43. The van der Waals surface area contributed by atoms with Crippen LogP contribution in [0.15, 0.2) is 0 Å². The molecule has 4 rings (SSSR count). The second-order valence-electron chi connectivity index (χ2n) is 12.0. The average molecular weight is 431 g/mol. The van der Waals surface area contributed by atoms with E-state index < -0.39 is 23.8 Å². The van der Waals surface area contributed by atoms with Crippen molar-refractivity contribution in [1.29, 1.82) is 0 Å². The minimum atomic E-state index is -4.53. The maximum absolute atomic E-state index is 13.2. The van der Waals surface area contributed by atoms with Crippen LogP contribution in [0.4, 0.5) is 13.2 Å². The Labute approximate surface area is 180 Å². The minimum Gasteiger partial charge on any atom is -0.390 e. The minimum absolute atomic E-state index is 0.0536. The molecule has 2 N–H and O–H groups in total. The van der Waals surface area contributed by atoms with Crippen molar-refractivity contribution >= 4 is 0 Å². The molecule has 0 saturated heterocycles. The van der Waals surface area contributed by atoms with Crippen LogP contribution in [0.3, 0.4) is 0 Å². The Balaban J connectivity index is 1.54. The molecule has 4 aliphatic carbocycles. The number of hydrogen-bond acceptors (Lipinski definition) is 2. The van der Waals surface area contributed by atoms with Gasteiger partial charge in [0.05, 0.1) is 5.60 Å². The summed E-state index contributed by atoms with van der Waals surface area (Å²) in [5.74, 6) is 1.49. The second-order valence-corrected chi connectivity index (χ2v) is 12.0. The van der Waals surface area contributed by atoms with Crippen LogP contribution >= 0.6 is 0 Å². The zero-order valence-corrected chi connectivity index (χ0v) is 19.1. The first-order valence-electron chi connectivity index (χ1n) is 12.3. The summed E-state index contributed by atoms with van der Waals surface area (Å²) in [5.41, 5.74) is -0.322. The van der Waals surface area contributed by atoms with E-state index in [1.54, 1.807) is 6.92 Å². The second kappa shape index (κ2) is 7.37. The molecule has 4 fully saturated rings. The molecule has 0 aromatic carbocycles. The summed E-state index contributed by atoms with van der Waals surface area (Å²) in [6, 6.07) is 0. The molecule has 10 atom stereocenters. The van der Waals surface area contributed by atoms with Crippen LogP contribution in [0.5, 0.6) is 0 Å². The van der Waals surface area contributed by atoms with Gasteiger partial charge in [-0.05, 0) is 111 Å². The Kier molecular flexibility index (Phi) is 5.62. The maximum Gasteiger partial charge on any atom is 0.414 e. The summed E-state index contributed by atoms with van der Waals surface area (Å²) in [6.07, 6.45) is 3.19. The SMILES string of the molecule is CC[C@]1(O)CC[C@@]2(C)[C@@H](CC[C@@H]3[C@@H]2CC[C@]2(C)[C@@H]([C@H](C)[C@@H](O)C(F)(F)F)CC[C@@H]32)C1. The van der Waals surface area contributed by atoms with Gasteiger partial charge in [-0.25, -0.2) is 0 Å². The van der Waals surface area contributed by atoms with E-state index in [-0.39, 0.29) is 16.7 Å². The van der Waals surface area contributed by atoms with Crippen molar-refractivity contribution in [1.82, 2.24) is 0 Å². The third-order valence-corrected chi connectivity index (χ3v) is 11.0. The van der Waals surface area contributed by atoms with Crippen molar-refractivity contribution in [3.05, 3.63) is 0 Å². The highest BCUT2D eigenvalue weighted by atomic mass is 19.4. The van der Waals surface area contributed by atoms with Gasteiger partial charge < -0.3 is 10.2 Å². The number of alkyl halides is 3. The van der Waals surface area contributed by atoms with E-state index in [2.05, 4.69) is 20.8 Å². The summed E-state index contributed by atoms with van der Waals surface area (Å²) < 4.78 is 39.7. The van der Waals surface area contributed by atoms with Crippen LogP contribution in [-0.2, 0) is 0 Å². The van der Waals surface area contributed by atoms with E-state index in [1.165, 1.54) is 0 Å². The Morgan fingerprint density at radius 1 is 0.933 bits per heavy atom. The highest BCUT2D eigenvalue weighted by molar-refractivity contribution is 5.11. The van der Waals surface area contributed by atoms with Crippen LogP contribution in [0, 0.1) is 46.3 Å². The van der Waals surface area contributed by atoms with Gasteiger partial charge in [0.25, 0.3) is 0 Å². The van der Waals surface area contributed by atoms with Gasteiger partial charge in [0, 0.05) is 0 Å². The van der Waals surface area contributed by atoms with Crippen molar-refractivity contribution in [3.63, 3.8) is 0 Å². The molecule has 2 nitrogen and oxygen atoms in total. The van der Waals surface area contributed by atoms with Gasteiger partial charge >= 0.3 is 6.18 Å². The van der Waals surface area contributed by atoms with E-state index in [4.69, 9.17) is 0 Å². The molecule has 30 heavy (non-hydrogen) atoms. The van der Waals surface area contributed by atoms with Gasteiger partial charge in [-0.3, -0.25) is 0 Å². The number of rotatable bonds is 3. The van der Waals surface area contributed by atoms with Crippen LogP contribution in [0.1, 0.15) is 91.9 Å². The zero-order valence-electron chi connectivity index (χ0n) is 19.1. The van der Waals surface area contributed by atoms with Crippen molar-refractivity contribution in [2.45, 2.75) is 110 Å². The third-order valence-electron chi connectivity index (χ3n) is 11.0. The summed E-state index contributed by atoms with van der Waals surface area (Å²) in [5, 5.41) is 20.9. The van der Waals surface area contributed by atoms with Gasteiger partial charge in [-0.15, -0.1) is 0 Å². The third kappa shape index (κ3) is 3.36. The Hall–Kier alpha value is -0.290. The first-order chi connectivity index (χ1) is 13.9. The maximum atomic E-state index is 13.2. The smallest absolute Gasteiger partial charge is 0.390 e. The van der Waals surface area contributed by atoms with E-state index in [0.29, 0.717) is 23.7 Å². The molecular formula is C25H41F3O2. The largest absolute Gasteiger partial charge is 0.414 e. The summed E-state index contributed by atoms with van der Waals surface area (Å²) in [7, 11) is 0. The molecule has 4 saturated carbocycles. The summed E-state index contributed by atoms with van der Waals surface area (Å²) >= 11 is 0. The molecule has 0 spiro atoms. The summed E-state index contributed by atoms with van der Waals surface area (Å²) in [4.78, 5) is 0. The Morgan fingerprint density at radius 3 is 2.23 bits per heavy atom. The van der Waals surface area contributed by atoms with Crippen molar-refractivity contribution in [2.75, 3.05) is 0 Å². The molecule has 4 aliphatic rings. The lowest BCUT2D eigenvalue weighted by molar-refractivity contribution is -0.228. The van der Waals surface area contributed by atoms with Gasteiger partial charge in [0.15, 0.2) is 6.10 Å². The Bertz CT molecular complexity index is 651. The lowest BCUT2D eigenvalue weighted by Crippen LogP contribution is -2.56. The predicted molar refractivity (Wildman–Crippen MR) is 112 cm³/mol. The van der Waals surface area contributed by atoms with Crippen LogP contribution < -0.4 is 0 Å². The molecule has 0 heterocycles. The molecule has 0 aromatic heterocycles. The standard InChI is InChI=1S/C25H41F3O2/c1-5-24(30)13-12-22(3)16(14-24)6-7-17-19-9-8-18(15(2)21(29)25(26,27)28)23(19,4)11-10-20(17)22/h15-21,29-30H,5-14H2,1-4H3/t15-,16-,17-,18+,19-,20-,21+,22-,23+,24-/m0/s1. The monoisotopic (exact) mass is 430 g/mol. The van der Waals surface area contributed by atoms with Crippen molar-refractivity contribution < 1.29 is 23.4 Å². The van der Waals surface area contributed by atoms with Crippen molar-refractivity contribution in [2.24, 2.45) is 46.3 Å². The van der Waals surface area contributed by atoms with E-state index in [0.717, 1.165) is 64.2 Å². The number of fused-ring (bicyclic) bond motifs is 5. The van der Waals surface area contributed by atoms with Gasteiger partial charge in [0.2, 0.25) is 0 Å². The quantitative estimate of drug-likeness (QED) is 0.548. The normalized spacial score (nSPS) is 50.9. The molecule has 0 unspecified atom stereocenters. The highest BCUT2D eigenvalue weighted by Gasteiger charge is 2.62. The molecule has 5 heteroatoms. The fourth-order valence-electron chi connectivity index (χ4n) is 9.07. The summed E-state index contributed by atoms with van der Waals surface area (Å²) in [6.45, 7) is 8.40. The highest BCUT2D eigenvalue weighted by Crippen LogP contribution is 2.69. The average Bonchev–Trinajstić information content (AvgIpc) is 3.04. The van der Waals surface area contributed by atoms with Crippen molar-refractivity contribution in [3.8, 4) is 0 Å². The van der Waals surface area contributed by atoms with Crippen LogP contribution in [0.25, 0.3) is 0 Å². The van der Waals surface area contributed by atoms with Gasteiger partial charge in [-0.1, -0.05) is 27.7 Å². The molecule has 0 radical (unpaired) electrons. The zero-order chi connectivity index (χ0) is 22.1. The van der Waals surface area contributed by atoms with Crippen LogP contribution in [0.2, 0.25) is 0 Å². The molecule has 0 aromatic rings. The molecule has 174 valence electrons. The van der Waals surface area contributed by atoms with E-state index >= 15 is 0 Å². The van der Waals surface area contributed by atoms with E-state index in [1.807, 2.05) is 0 Å².